The van der Waals surface area contributed by atoms with E-state index in [2.05, 4.69) is 4.83 Å². The van der Waals surface area contributed by atoms with Crippen molar-refractivity contribution in [3.8, 4) is 0 Å². The van der Waals surface area contributed by atoms with E-state index in [-0.39, 0.29) is 4.90 Å². The van der Waals surface area contributed by atoms with Crippen molar-refractivity contribution in [2.24, 2.45) is 0 Å². The molecule has 6 nitrogen and oxygen atoms in total. The summed E-state index contributed by atoms with van der Waals surface area (Å²) in [5, 5.41) is 2.19. The third-order valence-electron chi connectivity index (χ3n) is 5.41. The minimum absolute atomic E-state index is 0.0155. The van der Waals surface area contributed by atoms with E-state index >= 15 is 0 Å². The number of nitrogens with zero attached hydrogens (tertiary/aromatic N) is 1. The molecule has 3 aromatic carbocycles. The number of amides is 2. The first-order valence-corrected chi connectivity index (χ1v) is 10.4. The largest absolute Gasteiger partial charge is 0.276 e. The van der Waals surface area contributed by atoms with Crippen molar-refractivity contribution >= 4 is 32.6 Å². The fraction of sp³-hybridized carbons (Fsp3) is 0.143. The van der Waals surface area contributed by atoms with Gasteiger partial charge in [0.25, 0.3) is 21.8 Å². The lowest BCUT2D eigenvalue weighted by Gasteiger charge is -2.27. The van der Waals surface area contributed by atoms with Crippen molar-refractivity contribution in [1.29, 1.82) is 0 Å². The molecule has 0 fully saturated rings. The molecule has 0 radical (unpaired) electrons. The Morgan fingerprint density at radius 3 is 1.86 bits per heavy atom. The number of hydrogen-bond acceptors (Lipinski definition) is 4. The van der Waals surface area contributed by atoms with E-state index in [0.717, 1.165) is 34.9 Å². The van der Waals surface area contributed by atoms with Crippen LogP contribution in [-0.4, -0.2) is 25.2 Å². The first kappa shape index (κ1) is 17.1. The summed E-state index contributed by atoms with van der Waals surface area (Å²) in [6, 6.07) is 13.3. The van der Waals surface area contributed by atoms with Gasteiger partial charge in [0.15, 0.2) is 0 Å². The van der Waals surface area contributed by atoms with E-state index in [9.17, 15) is 18.0 Å². The maximum Gasteiger partial charge on any atom is 0.276 e. The summed E-state index contributed by atoms with van der Waals surface area (Å²) in [7, 11) is -4.08. The number of sulfonamides is 1. The third-order valence-corrected chi connectivity index (χ3v) is 6.72. The van der Waals surface area contributed by atoms with Gasteiger partial charge in [-0.1, -0.05) is 29.8 Å². The van der Waals surface area contributed by atoms with Gasteiger partial charge in [-0.25, -0.2) is 8.42 Å². The number of hydrogen-bond donors (Lipinski definition) is 1. The normalized spacial score (nSPS) is 15.5. The zero-order chi connectivity index (χ0) is 19.6. The summed E-state index contributed by atoms with van der Waals surface area (Å²) in [5.41, 5.74) is 3.81. The van der Waals surface area contributed by atoms with Crippen LogP contribution in [0.4, 0.5) is 0 Å². The lowest BCUT2D eigenvalue weighted by Crippen LogP contribution is -2.51. The second kappa shape index (κ2) is 5.73. The van der Waals surface area contributed by atoms with Gasteiger partial charge in [0.1, 0.15) is 0 Å². The molecule has 140 valence electrons. The van der Waals surface area contributed by atoms with Crippen molar-refractivity contribution in [2.45, 2.75) is 24.7 Å². The summed E-state index contributed by atoms with van der Waals surface area (Å²) in [6.07, 6.45) is 1.75. The van der Waals surface area contributed by atoms with Crippen LogP contribution < -0.4 is 4.83 Å². The Kier molecular flexibility index (Phi) is 3.50. The van der Waals surface area contributed by atoms with E-state index < -0.39 is 21.8 Å². The maximum atomic E-state index is 13.0. The molecule has 0 spiro atoms. The van der Waals surface area contributed by atoms with Crippen molar-refractivity contribution in [1.82, 2.24) is 9.84 Å². The second-order valence-corrected chi connectivity index (χ2v) is 8.81. The second-order valence-electron chi connectivity index (χ2n) is 7.15. The molecule has 0 saturated heterocycles. The zero-order valence-electron chi connectivity index (χ0n) is 15.0. The molecule has 1 aliphatic heterocycles. The van der Waals surface area contributed by atoms with Gasteiger partial charge in [-0.05, 0) is 60.5 Å². The van der Waals surface area contributed by atoms with E-state index in [1.54, 1.807) is 24.3 Å². The van der Waals surface area contributed by atoms with Crippen LogP contribution >= 0.6 is 0 Å². The Bertz CT molecular complexity index is 1240. The predicted molar refractivity (Wildman–Crippen MR) is 103 cm³/mol. The maximum absolute atomic E-state index is 13.0. The van der Waals surface area contributed by atoms with Gasteiger partial charge in [-0.15, -0.1) is 4.83 Å². The SMILES string of the molecule is Cc1ccc(S(=O)(=O)NN2C(=O)c3ccc4c5c(ccc(c35)C2=O)CC4)cc1. The monoisotopic (exact) mass is 392 g/mol. The summed E-state index contributed by atoms with van der Waals surface area (Å²) in [4.78, 5) is 28.1. The van der Waals surface area contributed by atoms with Gasteiger partial charge in [-0.3, -0.25) is 9.59 Å². The van der Waals surface area contributed by atoms with E-state index in [1.165, 1.54) is 12.1 Å². The molecule has 1 heterocycles. The number of nitrogens with one attached hydrogen (secondary N) is 1. The predicted octanol–water partition coefficient (Wildman–Crippen LogP) is 2.74. The van der Waals surface area contributed by atoms with Crippen molar-refractivity contribution in [2.75, 3.05) is 0 Å². The average molecular weight is 392 g/mol. The molecule has 0 saturated carbocycles. The molecule has 7 heteroatoms. The molecular formula is C21H16N2O4S. The fourth-order valence-corrected chi connectivity index (χ4v) is 5.00. The molecule has 2 aliphatic rings. The molecule has 2 amide bonds. The van der Waals surface area contributed by atoms with Crippen molar-refractivity contribution in [3.63, 3.8) is 0 Å². The van der Waals surface area contributed by atoms with E-state index in [4.69, 9.17) is 0 Å². The summed E-state index contributed by atoms with van der Waals surface area (Å²) >= 11 is 0. The smallest absolute Gasteiger partial charge is 0.267 e. The topological polar surface area (TPSA) is 83.6 Å². The van der Waals surface area contributed by atoms with Crippen LogP contribution in [0.3, 0.4) is 0 Å². The molecule has 5 rings (SSSR count). The van der Waals surface area contributed by atoms with E-state index in [0.29, 0.717) is 21.5 Å². The Morgan fingerprint density at radius 1 is 0.786 bits per heavy atom. The fourth-order valence-electron chi connectivity index (χ4n) is 3.99. The first-order valence-electron chi connectivity index (χ1n) is 8.92. The molecule has 0 unspecified atom stereocenters. The number of hydrazine groups is 1. The van der Waals surface area contributed by atoms with Crippen LogP contribution in [-0.2, 0) is 22.9 Å². The number of rotatable bonds is 3. The number of carbonyl (C=O) groups is 2. The van der Waals surface area contributed by atoms with Gasteiger partial charge in [0.05, 0.1) is 16.0 Å². The van der Waals surface area contributed by atoms with Crippen LogP contribution in [0.2, 0.25) is 0 Å². The molecule has 1 N–H and O–H groups in total. The Hall–Kier alpha value is -3.03. The Labute approximate surface area is 161 Å². The highest BCUT2D eigenvalue weighted by atomic mass is 32.2. The van der Waals surface area contributed by atoms with Crippen molar-refractivity contribution < 1.29 is 18.0 Å². The van der Waals surface area contributed by atoms with Gasteiger partial charge < -0.3 is 0 Å². The lowest BCUT2D eigenvalue weighted by molar-refractivity contribution is 0.0573. The van der Waals surface area contributed by atoms with Crippen LogP contribution in [0.5, 0.6) is 0 Å². The third kappa shape index (κ3) is 2.33. The molecule has 0 aromatic heterocycles. The Balaban J connectivity index is 1.61. The number of carbonyl (C=O) groups excluding carboxylic acids is 2. The molecular weight excluding hydrogens is 376 g/mol. The average Bonchev–Trinajstić information content (AvgIpc) is 3.10. The van der Waals surface area contributed by atoms with E-state index in [1.807, 2.05) is 19.1 Å². The minimum atomic E-state index is -4.08. The summed E-state index contributed by atoms with van der Waals surface area (Å²) < 4.78 is 25.4. The van der Waals surface area contributed by atoms with Gasteiger partial charge in [0, 0.05) is 5.39 Å². The first-order chi connectivity index (χ1) is 13.4. The summed E-state index contributed by atoms with van der Waals surface area (Å²) in [5.74, 6) is -1.33. The highest BCUT2D eigenvalue weighted by molar-refractivity contribution is 7.89. The van der Waals surface area contributed by atoms with Gasteiger partial charge in [0.2, 0.25) is 0 Å². The number of aryl methyl sites for hydroxylation is 3. The van der Waals surface area contributed by atoms with Crippen LogP contribution in [0, 0.1) is 6.92 Å². The molecule has 1 aliphatic carbocycles. The highest BCUT2D eigenvalue weighted by Gasteiger charge is 2.37. The summed E-state index contributed by atoms with van der Waals surface area (Å²) in [6.45, 7) is 1.84. The molecule has 3 aromatic rings. The number of imide groups is 1. The van der Waals surface area contributed by atoms with Crippen LogP contribution in [0.25, 0.3) is 10.8 Å². The van der Waals surface area contributed by atoms with Crippen LogP contribution in [0.15, 0.2) is 53.4 Å². The van der Waals surface area contributed by atoms with Crippen LogP contribution in [0.1, 0.15) is 37.4 Å². The molecule has 0 bridgehead atoms. The zero-order valence-corrected chi connectivity index (χ0v) is 15.8. The number of benzene rings is 3. The van der Waals surface area contributed by atoms with Gasteiger partial charge >= 0.3 is 0 Å². The van der Waals surface area contributed by atoms with Gasteiger partial charge in [-0.2, -0.15) is 5.01 Å². The highest BCUT2D eigenvalue weighted by Crippen LogP contribution is 2.38. The Morgan fingerprint density at radius 2 is 1.32 bits per heavy atom. The standard InChI is InChI=1S/C21H16N2O4S/c1-12-2-8-15(9-3-12)28(26,27)22-23-20(24)16-10-6-13-4-5-14-7-11-17(21(23)25)19(16)18(13)14/h2-3,6-11,22H,4-5H2,1H3. The lowest BCUT2D eigenvalue weighted by atomic mass is 9.92. The van der Waals surface area contributed by atoms with Crippen molar-refractivity contribution in [3.05, 3.63) is 76.3 Å². The molecule has 28 heavy (non-hydrogen) atoms. The quantitative estimate of drug-likeness (QED) is 0.695. The minimum Gasteiger partial charge on any atom is -0.267 e. The molecule has 0 atom stereocenters.